The molecule has 0 aromatic heterocycles. The van der Waals surface area contributed by atoms with Crippen molar-refractivity contribution >= 4 is 0 Å². The van der Waals surface area contributed by atoms with Gasteiger partial charge in [-0.05, 0) is 24.6 Å². The Morgan fingerprint density at radius 3 is 2.78 bits per heavy atom. The second-order valence-electron chi connectivity index (χ2n) is 3.84. The molecule has 1 aromatic carbocycles. The minimum absolute atomic E-state index is 0.0119. The Kier molecular flexibility index (Phi) is 4.98. The van der Waals surface area contributed by atoms with Crippen LogP contribution in [-0.2, 0) is 6.54 Å². The van der Waals surface area contributed by atoms with Crippen LogP contribution in [0.25, 0.3) is 0 Å². The van der Waals surface area contributed by atoms with Crippen LogP contribution >= 0.6 is 0 Å². The van der Waals surface area contributed by atoms with Crippen LogP contribution in [0.2, 0.25) is 0 Å². The normalized spacial score (nSPS) is 12.8. The highest BCUT2D eigenvalue weighted by Crippen LogP contribution is 2.23. The first-order valence-electron chi connectivity index (χ1n) is 5.36. The molecule has 0 saturated heterocycles. The van der Waals surface area contributed by atoms with Crippen molar-refractivity contribution in [1.29, 1.82) is 5.26 Å². The third kappa shape index (κ3) is 5.55. The van der Waals surface area contributed by atoms with Crippen molar-refractivity contribution < 1.29 is 17.9 Å². The molecule has 0 amide bonds. The molecule has 1 atom stereocenters. The van der Waals surface area contributed by atoms with Gasteiger partial charge in [0.1, 0.15) is 5.75 Å². The molecule has 0 radical (unpaired) electrons. The van der Waals surface area contributed by atoms with Gasteiger partial charge in [0.05, 0.1) is 12.5 Å². The Hall–Kier alpha value is -1.74. The maximum atomic E-state index is 12.0. The number of hydrogen-bond acceptors (Lipinski definition) is 3. The van der Waals surface area contributed by atoms with Crippen molar-refractivity contribution in [1.82, 2.24) is 5.32 Å². The molecule has 6 heteroatoms. The Labute approximate surface area is 103 Å². The van der Waals surface area contributed by atoms with Gasteiger partial charge in [0.25, 0.3) is 0 Å². The van der Waals surface area contributed by atoms with Crippen LogP contribution in [-0.4, -0.2) is 12.4 Å². The number of halogens is 3. The third-order valence-corrected chi connectivity index (χ3v) is 2.18. The van der Waals surface area contributed by atoms with Crippen molar-refractivity contribution in [3.8, 4) is 11.8 Å². The fourth-order valence-corrected chi connectivity index (χ4v) is 1.35. The predicted octanol–water partition coefficient (Wildman–Crippen LogP) is 2.98. The number of nitrogens with zero attached hydrogens (tertiary/aromatic N) is 1. The summed E-state index contributed by atoms with van der Waals surface area (Å²) < 4.78 is 39.9. The van der Waals surface area contributed by atoms with Gasteiger partial charge in [-0.1, -0.05) is 12.1 Å². The highest BCUT2D eigenvalue weighted by Gasteiger charge is 2.31. The van der Waals surface area contributed by atoms with E-state index in [1.54, 1.807) is 6.07 Å². The topological polar surface area (TPSA) is 45.0 Å². The van der Waals surface area contributed by atoms with E-state index in [9.17, 15) is 13.2 Å². The van der Waals surface area contributed by atoms with E-state index in [-0.39, 0.29) is 11.8 Å². The van der Waals surface area contributed by atoms with E-state index >= 15 is 0 Å². The van der Waals surface area contributed by atoms with Crippen LogP contribution in [0.15, 0.2) is 24.3 Å². The van der Waals surface area contributed by atoms with E-state index in [1.165, 1.54) is 18.2 Å². The monoisotopic (exact) mass is 258 g/mol. The van der Waals surface area contributed by atoms with Crippen molar-refractivity contribution in [3.63, 3.8) is 0 Å². The molecule has 0 fully saturated rings. The van der Waals surface area contributed by atoms with Gasteiger partial charge < -0.3 is 10.1 Å². The van der Waals surface area contributed by atoms with Crippen LogP contribution in [0, 0.1) is 11.3 Å². The molecular formula is C12H13F3N2O. The fraction of sp³-hybridized carbons (Fsp3) is 0.417. The maximum Gasteiger partial charge on any atom is 0.573 e. The molecule has 98 valence electrons. The van der Waals surface area contributed by atoms with E-state index < -0.39 is 6.36 Å². The lowest BCUT2D eigenvalue weighted by atomic mass is 10.2. The lowest BCUT2D eigenvalue weighted by Crippen LogP contribution is -2.25. The van der Waals surface area contributed by atoms with Gasteiger partial charge in [-0.15, -0.1) is 13.2 Å². The summed E-state index contributed by atoms with van der Waals surface area (Å²) in [7, 11) is 0. The first kappa shape index (κ1) is 14.3. The first-order chi connectivity index (χ1) is 8.40. The summed E-state index contributed by atoms with van der Waals surface area (Å²) in [4.78, 5) is 0. The summed E-state index contributed by atoms with van der Waals surface area (Å²) in [5.41, 5.74) is 0.668. The SMILES string of the molecule is CC(CC#N)NCc1cccc(OC(F)(F)F)c1. The lowest BCUT2D eigenvalue weighted by Gasteiger charge is -2.12. The van der Waals surface area contributed by atoms with Crippen molar-refractivity contribution in [3.05, 3.63) is 29.8 Å². The fourth-order valence-electron chi connectivity index (χ4n) is 1.35. The van der Waals surface area contributed by atoms with E-state index in [4.69, 9.17) is 5.26 Å². The minimum atomic E-state index is -4.68. The van der Waals surface area contributed by atoms with E-state index in [1.807, 2.05) is 13.0 Å². The van der Waals surface area contributed by atoms with Crippen LogP contribution in [0.5, 0.6) is 5.75 Å². The zero-order valence-corrected chi connectivity index (χ0v) is 9.79. The molecule has 0 bridgehead atoms. The number of alkyl halides is 3. The van der Waals surface area contributed by atoms with Gasteiger partial charge in [-0.25, -0.2) is 0 Å². The number of nitrogens with one attached hydrogen (secondary N) is 1. The van der Waals surface area contributed by atoms with Gasteiger partial charge in [-0.3, -0.25) is 0 Å². The highest BCUT2D eigenvalue weighted by atomic mass is 19.4. The molecule has 0 saturated carbocycles. The van der Waals surface area contributed by atoms with Gasteiger partial charge in [0.15, 0.2) is 0 Å². The van der Waals surface area contributed by atoms with E-state index in [0.717, 1.165) is 0 Å². The molecular weight excluding hydrogens is 245 g/mol. The van der Waals surface area contributed by atoms with Crippen LogP contribution in [0.4, 0.5) is 13.2 Å². The number of benzene rings is 1. The van der Waals surface area contributed by atoms with E-state index in [0.29, 0.717) is 18.5 Å². The summed E-state index contributed by atoms with van der Waals surface area (Å²) >= 11 is 0. The Morgan fingerprint density at radius 1 is 1.44 bits per heavy atom. The molecule has 18 heavy (non-hydrogen) atoms. The van der Waals surface area contributed by atoms with Gasteiger partial charge in [-0.2, -0.15) is 5.26 Å². The quantitative estimate of drug-likeness (QED) is 0.883. The molecule has 1 rings (SSSR count). The zero-order valence-electron chi connectivity index (χ0n) is 9.79. The lowest BCUT2D eigenvalue weighted by molar-refractivity contribution is -0.274. The Morgan fingerprint density at radius 2 is 2.17 bits per heavy atom. The van der Waals surface area contributed by atoms with Crippen molar-refractivity contribution in [2.45, 2.75) is 32.3 Å². The van der Waals surface area contributed by atoms with Gasteiger partial charge in [0.2, 0.25) is 0 Å². The summed E-state index contributed by atoms with van der Waals surface area (Å²) in [6.07, 6.45) is -4.33. The standard InChI is InChI=1S/C12H13F3N2O/c1-9(5-6-16)17-8-10-3-2-4-11(7-10)18-12(13,14)15/h2-4,7,9,17H,5,8H2,1H3. The maximum absolute atomic E-state index is 12.0. The molecule has 0 aliphatic carbocycles. The molecule has 1 unspecified atom stereocenters. The molecule has 1 aromatic rings. The Balaban J connectivity index is 2.57. The average Bonchev–Trinajstić information content (AvgIpc) is 2.25. The summed E-state index contributed by atoms with van der Waals surface area (Å²) in [6.45, 7) is 2.22. The number of nitriles is 1. The second-order valence-corrected chi connectivity index (χ2v) is 3.84. The van der Waals surface area contributed by atoms with Crippen LogP contribution < -0.4 is 10.1 Å². The molecule has 1 N–H and O–H groups in total. The summed E-state index contributed by atoms with van der Waals surface area (Å²) in [5.74, 6) is -0.241. The van der Waals surface area contributed by atoms with Crippen LogP contribution in [0.1, 0.15) is 18.9 Å². The van der Waals surface area contributed by atoms with Crippen molar-refractivity contribution in [2.75, 3.05) is 0 Å². The van der Waals surface area contributed by atoms with Crippen molar-refractivity contribution in [2.24, 2.45) is 0 Å². The third-order valence-electron chi connectivity index (χ3n) is 2.18. The Bertz CT molecular complexity index is 426. The van der Waals surface area contributed by atoms with Gasteiger partial charge in [0, 0.05) is 12.6 Å². The average molecular weight is 258 g/mol. The number of ether oxygens (including phenoxy) is 1. The molecule has 3 nitrogen and oxygen atoms in total. The summed E-state index contributed by atoms with van der Waals surface area (Å²) in [5, 5.41) is 11.5. The molecule has 0 spiro atoms. The number of rotatable bonds is 5. The van der Waals surface area contributed by atoms with Crippen LogP contribution in [0.3, 0.4) is 0 Å². The molecule has 0 aliphatic rings. The minimum Gasteiger partial charge on any atom is -0.406 e. The second kappa shape index (κ2) is 6.26. The largest absolute Gasteiger partial charge is 0.573 e. The zero-order chi connectivity index (χ0) is 13.6. The van der Waals surface area contributed by atoms with E-state index in [2.05, 4.69) is 10.1 Å². The van der Waals surface area contributed by atoms with Gasteiger partial charge >= 0.3 is 6.36 Å². The summed E-state index contributed by atoms with van der Waals surface area (Å²) in [6, 6.07) is 7.75. The predicted molar refractivity (Wildman–Crippen MR) is 59.7 cm³/mol. The highest BCUT2D eigenvalue weighted by molar-refractivity contribution is 5.28. The molecule has 0 heterocycles. The smallest absolute Gasteiger partial charge is 0.406 e. The molecule has 0 aliphatic heterocycles. The first-order valence-corrected chi connectivity index (χ1v) is 5.36. The number of hydrogen-bond donors (Lipinski definition) is 1.